The molecule has 0 aliphatic rings. The topological polar surface area (TPSA) is 101 Å². The van der Waals surface area contributed by atoms with Crippen LogP contribution >= 0.6 is 11.8 Å². The number of fused-ring (bicyclic) bond motifs is 1. The van der Waals surface area contributed by atoms with E-state index in [-0.39, 0.29) is 12.0 Å². The highest BCUT2D eigenvalue weighted by molar-refractivity contribution is 7.98. The zero-order valence-electron chi connectivity index (χ0n) is 16.5. The Balaban J connectivity index is 1.98. The molecule has 0 saturated heterocycles. The normalized spacial score (nSPS) is 13.0. The molecule has 1 amide bonds. The minimum Gasteiger partial charge on any atom is -0.480 e. The summed E-state index contributed by atoms with van der Waals surface area (Å²) in [5.41, 5.74) is 1.06. The van der Waals surface area contributed by atoms with Crippen molar-refractivity contribution in [3.05, 3.63) is 76.8 Å². The number of carbonyl (C=O) groups is 2. The lowest BCUT2D eigenvalue weighted by Gasteiger charge is -2.22. The third kappa shape index (κ3) is 5.07. The van der Waals surface area contributed by atoms with Crippen LogP contribution in [0.2, 0.25) is 0 Å². The number of amides is 1. The first-order valence-electron chi connectivity index (χ1n) is 9.53. The molecule has 3 aromatic rings. The van der Waals surface area contributed by atoms with E-state index in [0.29, 0.717) is 23.1 Å². The van der Waals surface area contributed by atoms with Gasteiger partial charge in [0, 0.05) is 6.42 Å². The van der Waals surface area contributed by atoms with Crippen molar-refractivity contribution < 1.29 is 14.7 Å². The van der Waals surface area contributed by atoms with Crippen molar-refractivity contribution in [2.24, 2.45) is 0 Å². The van der Waals surface area contributed by atoms with Crippen LogP contribution in [0.4, 0.5) is 0 Å². The number of rotatable bonds is 9. The number of aliphatic carboxylic acids is 1. The number of carboxylic acids is 1. The monoisotopic (exact) mass is 425 g/mol. The van der Waals surface area contributed by atoms with Crippen LogP contribution in [-0.4, -0.2) is 44.6 Å². The van der Waals surface area contributed by atoms with Crippen molar-refractivity contribution in [1.82, 2.24) is 14.9 Å². The van der Waals surface area contributed by atoms with E-state index in [2.05, 4.69) is 10.3 Å². The number of hydrogen-bond acceptors (Lipinski definition) is 5. The van der Waals surface area contributed by atoms with E-state index in [1.54, 1.807) is 24.3 Å². The summed E-state index contributed by atoms with van der Waals surface area (Å²) in [6.45, 7) is 0. The summed E-state index contributed by atoms with van der Waals surface area (Å²) < 4.78 is 1.29. The molecule has 0 radical (unpaired) electrons. The molecule has 0 bridgehead atoms. The van der Waals surface area contributed by atoms with Gasteiger partial charge in [-0.15, -0.1) is 0 Å². The average Bonchev–Trinajstić information content (AvgIpc) is 2.76. The largest absolute Gasteiger partial charge is 0.480 e. The van der Waals surface area contributed by atoms with Crippen LogP contribution in [0.5, 0.6) is 0 Å². The number of aromatic nitrogens is 2. The standard InChI is InChI=1S/C22H23N3O4S/c1-30-12-11-18(22(28)29)24-20(26)19(13-15-7-3-2-4-8-15)25-14-23-17-10-6-5-9-16(17)21(25)27/h2-10,14,18-19H,11-13H2,1H3,(H,24,26)(H,28,29). The fourth-order valence-corrected chi connectivity index (χ4v) is 3.69. The Labute approximate surface area is 178 Å². The number of nitrogens with one attached hydrogen (secondary N) is 1. The summed E-state index contributed by atoms with van der Waals surface area (Å²) in [5.74, 6) is -1.02. The number of hydrogen-bond donors (Lipinski definition) is 2. The molecule has 0 fully saturated rings. The van der Waals surface area contributed by atoms with Gasteiger partial charge in [-0.2, -0.15) is 11.8 Å². The molecule has 3 rings (SSSR count). The van der Waals surface area contributed by atoms with Crippen LogP contribution in [0.15, 0.2) is 65.7 Å². The Morgan fingerprint density at radius 1 is 1.13 bits per heavy atom. The molecule has 0 saturated carbocycles. The molecule has 2 atom stereocenters. The number of para-hydroxylation sites is 1. The molecule has 8 heteroatoms. The van der Waals surface area contributed by atoms with E-state index in [1.807, 2.05) is 36.6 Å². The van der Waals surface area contributed by atoms with Crippen LogP contribution in [-0.2, 0) is 16.0 Å². The third-order valence-corrected chi connectivity index (χ3v) is 5.47. The van der Waals surface area contributed by atoms with E-state index in [4.69, 9.17) is 0 Å². The van der Waals surface area contributed by atoms with Crippen molar-refractivity contribution in [3.8, 4) is 0 Å². The molecule has 2 unspecified atom stereocenters. The lowest BCUT2D eigenvalue weighted by atomic mass is 10.0. The Morgan fingerprint density at radius 2 is 1.83 bits per heavy atom. The fraction of sp³-hybridized carbons (Fsp3) is 0.273. The van der Waals surface area contributed by atoms with Crippen LogP contribution in [0.25, 0.3) is 10.9 Å². The average molecular weight is 426 g/mol. The maximum atomic E-state index is 13.1. The van der Waals surface area contributed by atoms with Crippen molar-refractivity contribution in [2.45, 2.75) is 24.9 Å². The first-order chi connectivity index (χ1) is 14.5. The van der Waals surface area contributed by atoms with E-state index in [9.17, 15) is 19.5 Å². The van der Waals surface area contributed by atoms with Gasteiger partial charge in [0.25, 0.3) is 5.56 Å². The number of nitrogens with zero attached hydrogens (tertiary/aromatic N) is 2. The maximum absolute atomic E-state index is 13.1. The second kappa shape index (κ2) is 10.1. The minimum atomic E-state index is -1.10. The lowest BCUT2D eigenvalue weighted by molar-refractivity contribution is -0.142. The number of carbonyl (C=O) groups excluding carboxylic acids is 1. The summed E-state index contributed by atoms with van der Waals surface area (Å²) in [4.78, 5) is 42.1. The number of benzene rings is 2. The predicted octanol–water partition coefficient (Wildman–Crippen LogP) is 2.50. The SMILES string of the molecule is CSCCC(NC(=O)C(Cc1ccccc1)n1cnc2ccccc2c1=O)C(=O)O. The van der Waals surface area contributed by atoms with Gasteiger partial charge in [-0.1, -0.05) is 42.5 Å². The smallest absolute Gasteiger partial charge is 0.326 e. The first-order valence-corrected chi connectivity index (χ1v) is 10.9. The Bertz CT molecular complexity index is 1080. The molecule has 7 nitrogen and oxygen atoms in total. The quantitative estimate of drug-likeness (QED) is 0.546. The van der Waals surface area contributed by atoms with Gasteiger partial charge >= 0.3 is 5.97 Å². The second-order valence-corrected chi connectivity index (χ2v) is 7.85. The molecule has 2 aromatic carbocycles. The van der Waals surface area contributed by atoms with Crippen molar-refractivity contribution in [2.75, 3.05) is 12.0 Å². The maximum Gasteiger partial charge on any atom is 0.326 e. The molecule has 0 spiro atoms. The van der Waals surface area contributed by atoms with Crippen LogP contribution in [0, 0.1) is 0 Å². The van der Waals surface area contributed by atoms with Crippen LogP contribution < -0.4 is 10.9 Å². The Kier molecular flexibility index (Phi) is 7.24. The van der Waals surface area contributed by atoms with Crippen molar-refractivity contribution >= 4 is 34.5 Å². The molecule has 0 aliphatic heterocycles. The van der Waals surface area contributed by atoms with Gasteiger partial charge in [-0.05, 0) is 36.1 Å². The molecular weight excluding hydrogens is 402 g/mol. The van der Waals surface area contributed by atoms with E-state index in [1.165, 1.54) is 22.7 Å². The first kappa shape index (κ1) is 21.6. The molecule has 0 aliphatic carbocycles. The van der Waals surface area contributed by atoms with Crippen molar-refractivity contribution in [1.29, 1.82) is 0 Å². The van der Waals surface area contributed by atoms with Crippen LogP contribution in [0.1, 0.15) is 18.0 Å². The summed E-state index contributed by atoms with van der Waals surface area (Å²) in [5, 5.41) is 12.5. The highest BCUT2D eigenvalue weighted by atomic mass is 32.2. The van der Waals surface area contributed by atoms with E-state index in [0.717, 1.165) is 5.56 Å². The number of carboxylic acid groups (broad SMARTS) is 1. The Morgan fingerprint density at radius 3 is 2.53 bits per heavy atom. The Hall–Kier alpha value is -3.13. The van der Waals surface area contributed by atoms with Gasteiger partial charge in [0.2, 0.25) is 5.91 Å². The van der Waals surface area contributed by atoms with E-state index >= 15 is 0 Å². The van der Waals surface area contributed by atoms with E-state index < -0.39 is 24.0 Å². The third-order valence-electron chi connectivity index (χ3n) is 4.83. The summed E-state index contributed by atoms with van der Waals surface area (Å²) in [7, 11) is 0. The molecule has 30 heavy (non-hydrogen) atoms. The van der Waals surface area contributed by atoms with Gasteiger partial charge in [0.1, 0.15) is 12.1 Å². The highest BCUT2D eigenvalue weighted by Crippen LogP contribution is 2.16. The van der Waals surface area contributed by atoms with Crippen LogP contribution in [0.3, 0.4) is 0 Å². The lowest BCUT2D eigenvalue weighted by Crippen LogP contribution is -2.46. The summed E-state index contributed by atoms with van der Waals surface area (Å²) >= 11 is 1.51. The van der Waals surface area contributed by atoms with Gasteiger partial charge in [0.05, 0.1) is 17.2 Å². The summed E-state index contributed by atoms with van der Waals surface area (Å²) in [6.07, 6.45) is 3.77. The minimum absolute atomic E-state index is 0.238. The van der Waals surface area contributed by atoms with Gasteiger partial charge in [0.15, 0.2) is 0 Å². The number of thioether (sulfide) groups is 1. The summed E-state index contributed by atoms with van der Waals surface area (Å²) in [6, 6.07) is 14.3. The van der Waals surface area contributed by atoms with Gasteiger partial charge in [-0.25, -0.2) is 9.78 Å². The molecule has 2 N–H and O–H groups in total. The highest BCUT2D eigenvalue weighted by Gasteiger charge is 2.27. The molecule has 1 heterocycles. The molecular formula is C22H23N3O4S. The predicted molar refractivity (Wildman–Crippen MR) is 118 cm³/mol. The zero-order valence-corrected chi connectivity index (χ0v) is 17.3. The second-order valence-electron chi connectivity index (χ2n) is 6.86. The fourth-order valence-electron chi connectivity index (χ4n) is 3.22. The van der Waals surface area contributed by atoms with Gasteiger partial charge < -0.3 is 10.4 Å². The zero-order chi connectivity index (χ0) is 21.5. The van der Waals surface area contributed by atoms with Gasteiger partial charge in [-0.3, -0.25) is 14.2 Å². The van der Waals surface area contributed by atoms with Crippen molar-refractivity contribution in [3.63, 3.8) is 0 Å². The molecule has 156 valence electrons. The molecule has 1 aromatic heterocycles.